The number of hydrogen-bond acceptors (Lipinski definition) is 8. The average molecular weight is 497 g/mol. The fourth-order valence-electron chi connectivity index (χ4n) is 2.99. The van der Waals surface area contributed by atoms with E-state index in [4.69, 9.17) is 26.6 Å². The van der Waals surface area contributed by atoms with Gasteiger partial charge in [0.1, 0.15) is 6.54 Å². The largest absolute Gasteiger partial charge is 0.493 e. The van der Waals surface area contributed by atoms with Crippen LogP contribution in [-0.4, -0.2) is 46.0 Å². The first kappa shape index (κ1) is 23.8. The normalized spacial score (nSPS) is 14.0. The van der Waals surface area contributed by atoms with E-state index in [-0.39, 0.29) is 15.6 Å². The van der Waals surface area contributed by atoms with E-state index in [0.717, 1.165) is 21.6 Å². The lowest BCUT2D eigenvalue weighted by atomic mass is 10.2. The van der Waals surface area contributed by atoms with Gasteiger partial charge in [0.15, 0.2) is 9.70 Å². The summed E-state index contributed by atoms with van der Waals surface area (Å²) in [5.41, 5.74) is 3.73. The Morgan fingerprint density at radius 3 is 2.75 bits per heavy atom. The van der Waals surface area contributed by atoms with Crippen LogP contribution in [0.2, 0.25) is 0 Å². The number of thiazole rings is 1. The topological polar surface area (TPSA) is 129 Å². The first-order valence-corrected chi connectivity index (χ1v) is 12.3. The van der Waals surface area contributed by atoms with Crippen molar-refractivity contribution in [3.63, 3.8) is 0 Å². The summed E-state index contributed by atoms with van der Waals surface area (Å²) in [6, 6.07) is 7.40. The number of fused-ring (bicyclic) bond motifs is 1. The van der Waals surface area contributed by atoms with Crippen molar-refractivity contribution < 1.29 is 32.7 Å². The Kier molecular flexibility index (Phi) is 7.54. The van der Waals surface area contributed by atoms with Crippen LogP contribution in [0, 0.1) is 3.95 Å². The Morgan fingerprint density at radius 2 is 2.03 bits per heavy atom. The predicted octanol–water partition coefficient (Wildman–Crippen LogP) is 3.65. The molecule has 0 saturated heterocycles. The van der Waals surface area contributed by atoms with Crippen LogP contribution >= 0.6 is 23.6 Å². The van der Waals surface area contributed by atoms with E-state index < -0.39 is 22.6 Å². The number of aromatic nitrogens is 1. The molecule has 1 aromatic heterocycles. The van der Waals surface area contributed by atoms with Crippen LogP contribution in [-0.2, 0) is 21.5 Å². The van der Waals surface area contributed by atoms with Gasteiger partial charge >= 0.3 is 5.97 Å². The minimum atomic E-state index is -4.00. The van der Waals surface area contributed by atoms with Gasteiger partial charge in [0.25, 0.3) is 10.1 Å². The fraction of sp³-hybridized carbons (Fsp3) is 0.250. The molecule has 1 aliphatic rings. The number of para-hydroxylation sites is 2. The minimum absolute atomic E-state index is 0.235. The highest BCUT2D eigenvalue weighted by atomic mass is 32.2. The minimum Gasteiger partial charge on any atom is -0.493 e. The SMILES string of the molecule is O=C(O)Cn1c(O)c(C=C=CC=C2Oc3ccccc3N2CCCCS(=O)(=O)O)sc1=S. The van der Waals surface area contributed by atoms with Gasteiger partial charge in [-0.15, -0.1) is 17.1 Å². The Morgan fingerprint density at radius 1 is 1.28 bits per heavy atom. The number of carboxylic acid groups (broad SMARTS) is 1. The molecule has 0 aliphatic carbocycles. The number of unbranched alkanes of at least 4 members (excludes halogenated alkanes) is 1. The lowest BCUT2D eigenvalue weighted by molar-refractivity contribution is -0.137. The second-order valence-corrected chi connectivity index (χ2v) is 9.98. The number of benzene rings is 1. The zero-order valence-corrected chi connectivity index (χ0v) is 19.1. The van der Waals surface area contributed by atoms with Crippen molar-refractivity contribution >= 4 is 51.4 Å². The summed E-state index contributed by atoms with van der Waals surface area (Å²) in [6.45, 7) is 0.0531. The molecule has 32 heavy (non-hydrogen) atoms. The molecule has 9 nitrogen and oxygen atoms in total. The number of nitrogens with zero attached hydrogens (tertiary/aromatic N) is 2. The van der Waals surface area contributed by atoms with E-state index in [1.165, 1.54) is 6.08 Å². The van der Waals surface area contributed by atoms with Gasteiger partial charge in [0.2, 0.25) is 11.8 Å². The molecule has 1 aliphatic heterocycles. The maximum atomic E-state index is 10.9. The van der Waals surface area contributed by atoms with Crippen molar-refractivity contribution in [3.8, 4) is 11.6 Å². The predicted molar refractivity (Wildman–Crippen MR) is 123 cm³/mol. The smallest absolute Gasteiger partial charge is 0.323 e. The zero-order chi connectivity index (χ0) is 23.3. The maximum Gasteiger partial charge on any atom is 0.323 e. The van der Waals surface area contributed by atoms with Crippen molar-refractivity contribution in [3.05, 3.63) is 56.9 Å². The second kappa shape index (κ2) is 10.2. The van der Waals surface area contributed by atoms with Crippen LogP contribution in [0.25, 0.3) is 6.08 Å². The number of allylic oxidation sites excluding steroid dienone is 2. The monoisotopic (exact) mass is 496 g/mol. The first-order valence-electron chi connectivity index (χ1n) is 9.42. The molecule has 0 fully saturated rings. The van der Waals surface area contributed by atoms with E-state index in [2.05, 4.69) is 5.73 Å². The number of aliphatic carboxylic acids is 1. The van der Waals surface area contributed by atoms with Gasteiger partial charge in [-0.2, -0.15) is 8.42 Å². The van der Waals surface area contributed by atoms with Gasteiger partial charge in [-0.1, -0.05) is 12.1 Å². The van der Waals surface area contributed by atoms with Crippen molar-refractivity contribution in [1.29, 1.82) is 0 Å². The van der Waals surface area contributed by atoms with Crippen LogP contribution in [0.4, 0.5) is 5.69 Å². The van der Waals surface area contributed by atoms with E-state index in [1.807, 2.05) is 29.2 Å². The summed E-state index contributed by atoms with van der Waals surface area (Å²) in [6.07, 6.45) is 5.56. The number of rotatable bonds is 9. The lowest BCUT2D eigenvalue weighted by Crippen LogP contribution is -2.22. The van der Waals surface area contributed by atoms with Crippen LogP contribution in [0.3, 0.4) is 0 Å². The third kappa shape index (κ3) is 6.09. The molecule has 0 atom stereocenters. The van der Waals surface area contributed by atoms with Crippen molar-refractivity contribution in [2.24, 2.45) is 0 Å². The molecule has 0 bridgehead atoms. The number of hydrogen-bond donors (Lipinski definition) is 3. The highest BCUT2D eigenvalue weighted by Gasteiger charge is 2.25. The summed E-state index contributed by atoms with van der Waals surface area (Å²) in [4.78, 5) is 13.2. The van der Waals surface area contributed by atoms with Gasteiger partial charge < -0.3 is 19.8 Å². The van der Waals surface area contributed by atoms with Crippen LogP contribution in [0.1, 0.15) is 17.7 Å². The summed E-state index contributed by atoms with van der Waals surface area (Å²) >= 11 is 6.15. The Bertz CT molecular complexity index is 1270. The second-order valence-electron chi connectivity index (χ2n) is 6.73. The Labute approximate surface area is 193 Å². The van der Waals surface area contributed by atoms with Gasteiger partial charge in [-0.3, -0.25) is 13.9 Å². The summed E-state index contributed by atoms with van der Waals surface area (Å²) in [5.74, 6) is -0.477. The molecule has 0 unspecified atom stereocenters. The molecular formula is C20H20N2O7S3. The number of carbonyl (C=O) groups is 1. The molecule has 170 valence electrons. The van der Waals surface area contributed by atoms with Gasteiger partial charge in [0, 0.05) is 18.7 Å². The molecule has 2 aromatic rings. The molecule has 0 spiro atoms. The molecule has 0 radical (unpaired) electrons. The van der Waals surface area contributed by atoms with E-state index >= 15 is 0 Å². The Hall–Kier alpha value is -2.89. The average Bonchev–Trinajstić information content (AvgIpc) is 3.19. The van der Waals surface area contributed by atoms with Crippen LogP contribution < -0.4 is 9.64 Å². The first-order chi connectivity index (χ1) is 15.2. The number of ether oxygens (including phenoxy) is 1. The molecule has 3 N–H and O–H groups in total. The van der Waals surface area contributed by atoms with Crippen LogP contribution in [0.15, 0.2) is 48.0 Å². The summed E-state index contributed by atoms with van der Waals surface area (Å²) < 4.78 is 37.9. The van der Waals surface area contributed by atoms with Crippen molar-refractivity contribution in [1.82, 2.24) is 4.57 Å². The Balaban J connectivity index is 1.76. The molecule has 3 rings (SSSR count). The number of carboxylic acids is 1. The highest BCUT2D eigenvalue weighted by molar-refractivity contribution is 7.85. The zero-order valence-electron chi connectivity index (χ0n) is 16.7. The molecule has 1 aromatic carbocycles. The molecule has 0 amide bonds. The molecule has 2 heterocycles. The van der Waals surface area contributed by atoms with Gasteiger partial charge in [0.05, 0.1) is 16.3 Å². The van der Waals surface area contributed by atoms with Gasteiger partial charge in [-0.25, -0.2) is 0 Å². The van der Waals surface area contributed by atoms with E-state index in [0.29, 0.717) is 35.9 Å². The van der Waals surface area contributed by atoms with Gasteiger partial charge in [-0.05, 0) is 43.3 Å². The van der Waals surface area contributed by atoms with Crippen LogP contribution in [0.5, 0.6) is 11.6 Å². The third-order valence-electron chi connectivity index (χ3n) is 4.39. The standard InChI is InChI=1S/C20H20N2O7S3/c23-18(24)13-22-19(25)16(31-20(22)30)9-3-4-10-17-21(11-5-6-12-32(26,27)28)14-7-1-2-8-15(14)29-17/h1-2,4,7-10,25H,5-6,11-13H2,(H,23,24)(H,26,27,28). The molecule has 12 heteroatoms. The molecular weight excluding hydrogens is 476 g/mol. The van der Waals surface area contributed by atoms with E-state index in [1.54, 1.807) is 12.2 Å². The maximum absolute atomic E-state index is 10.9. The van der Waals surface area contributed by atoms with Crippen molar-refractivity contribution in [2.75, 3.05) is 17.2 Å². The molecule has 0 saturated carbocycles. The van der Waals surface area contributed by atoms with Crippen molar-refractivity contribution in [2.45, 2.75) is 19.4 Å². The number of anilines is 1. The third-order valence-corrected chi connectivity index (χ3v) is 6.58. The van der Waals surface area contributed by atoms with E-state index in [9.17, 15) is 18.3 Å². The summed E-state index contributed by atoms with van der Waals surface area (Å²) in [7, 11) is -4.00. The lowest BCUT2D eigenvalue weighted by Gasteiger charge is -2.17. The fourth-order valence-corrected chi connectivity index (χ4v) is 4.76. The highest BCUT2D eigenvalue weighted by Crippen LogP contribution is 2.38. The number of aromatic hydroxyl groups is 1. The quantitative estimate of drug-likeness (QED) is 0.206. The summed E-state index contributed by atoms with van der Waals surface area (Å²) in [5, 5.41) is 19.1.